The van der Waals surface area contributed by atoms with Gasteiger partial charge >= 0.3 is 5.97 Å². The number of carboxylic acids is 1. The lowest BCUT2D eigenvalue weighted by Crippen LogP contribution is -2.76. The molecule has 4 atom stereocenters. The summed E-state index contributed by atoms with van der Waals surface area (Å²) in [6.07, 6.45) is 2.81. The number of fused-ring (bicyclic) bond motifs is 1. The van der Waals surface area contributed by atoms with Crippen molar-refractivity contribution in [3.63, 3.8) is 0 Å². The van der Waals surface area contributed by atoms with Gasteiger partial charge < -0.3 is 46.4 Å². The highest BCUT2D eigenvalue weighted by Crippen LogP contribution is 2.37. The van der Waals surface area contributed by atoms with E-state index in [9.17, 15) is 37.6 Å². The number of nitrogens with two attached hydrogens (primary N) is 2. The van der Waals surface area contributed by atoms with Gasteiger partial charge in [-0.05, 0) is 56.9 Å². The number of aliphatic carboxylic acids is 1. The molecule has 3 aliphatic heterocycles. The summed E-state index contributed by atoms with van der Waals surface area (Å²) in [6, 6.07) is 4.19. The molecule has 2 unspecified atom stereocenters. The molecule has 0 radical (unpaired) electrons. The number of thiazole rings is 1. The number of carbonyl (C=O) groups excluding carboxylic acids is 2. The molecule has 292 valence electrons. The van der Waals surface area contributed by atoms with E-state index in [1.165, 1.54) is 26.2 Å². The minimum atomic E-state index is -5.29. The topological polar surface area (TPSA) is 290 Å². The number of β-lactam (4-membered cyclic amide) rings is 1. The number of benzene rings is 1. The van der Waals surface area contributed by atoms with Crippen LogP contribution in [0.15, 0.2) is 41.1 Å². The molecule has 2 amide bonds. The molecule has 3 aliphatic rings. The van der Waals surface area contributed by atoms with Gasteiger partial charge in [-0.15, -0.1) is 16.0 Å². The standard InChI is InChI=1S/C32H41N9O11S2/c1-31(2)26(28(44)41(31)52-54(47,48)49)37-27(43)25(22-16-53-30(34)36-22)38-51-32(3,29(45)46)24-7-5-19-8-18(4-6-23(19)50-24)20-13-39(12-17-10-35-11-17)40(14-20)15-21(42)9-33/h4,6,8,13-14,16-17,21,24,26,35,42H,5,7,9-12,15,33H2,1-3H3,(H4-,34,36,37,43,45,46,47,48,49)/b38-25-/t21?,24-,26-,32?/m1/s1. The second kappa shape index (κ2) is 14.8. The highest BCUT2D eigenvalue weighted by Gasteiger charge is 2.58. The Labute approximate surface area is 313 Å². The van der Waals surface area contributed by atoms with Crippen LogP contribution in [0.1, 0.15) is 38.4 Å². The number of nitrogens with zero attached hydrogens (tertiary/aromatic N) is 5. The van der Waals surface area contributed by atoms with Crippen molar-refractivity contribution in [3.8, 4) is 16.9 Å². The Hall–Kier alpha value is -4.71. The molecule has 54 heavy (non-hydrogen) atoms. The maximum absolute atomic E-state index is 13.5. The number of aryl methyl sites for hydroxylation is 1. The number of aliphatic hydroxyl groups excluding tert-OH is 1. The lowest BCUT2D eigenvalue weighted by Gasteiger charge is -2.51. The van der Waals surface area contributed by atoms with E-state index in [-0.39, 0.29) is 23.8 Å². The number of anilines is 1. The van der Waals surface area contributed by atoms with E-state index in [0.29, 0.717) is 29.7 Å². The fourth-order valence-corrected chi connectivity index (χ4v) is 7.34. The highest BCUT2D eigenvalue weighted by molar-refractivity contribution is 7.80. The minimum absolute atomic E-state index is 0.0496. The second-order valence-electron chi connectivity index (χ2n) is 14.0. The smallest absolute Gasteiger partial charge is 0.354 e. The monoisotopic (exact) mass is 791 g/mol. The first-order valence-corrected chi connectivity index (χ1v) is 19.1. The number of hydroxylamine groups is 2. The summed E-state index contributed by atoms with van der Waals surface area (Å²) in [5, 5.41) is 32.0. The first kappa shape index (κ1) is 39.0. The van der Waals surface area contributed by atoms with Crippen molar-refractivity contribution >= 4 is 50.4 Å². The molecule has 2 fully saturated rings. The molecule has 1 aromatic carbocycles. The quantitative estimate of drug-likeness (QED) is 0.0254. The third-order valence-electron chi connectivity index (χ3n) is 9.69. The van der Waals surface area contributed by atoms with Crippen LogP contribution in [0.5, 0.6) is 5.75 Å². The number of oxime groups is 1. The highest BCUT2D eigenvalue weighted by atomic mass is 32.3. The Bertz CT molecular complexity index is 2060. The molecule has 6 rings (SSSR count). The SMILES string of the molecule is CC(O/N=C(\C(=O)N[C@@H]1C(=O)N(OS(=O)(=O)[O-])C1(C)C)c1csc(N)n1)(C(=O)O)[C@H]1CCc2cc(-c3cn(CC(O)CN)[n+](CC4CNC4)c3)ccc2O1. The molecule has 0 bridgehead atoms. The average Bonchev–Trinajstić information content (AvgIpc) is 3.71. The van der Waals surface area contributed by atoms with Gasteiger partial charge in [-0.3, -0.25) is 9.59 Å². The zero-order chi connectivity index (χ0) is 39.2. The zero-order valence-electron chi connectivity index (χ0n) is 29.5. The Morgan fingerprint density at radius 3 is 2.67 bits per heavy atom. The van der Waals surface area contributed by atoms with Crippen LogP contribution in [0.3, 0.4) is 0 Å². The Balaban J connectivity index is 1.21. The van der Waals surface area contributed by atoms with Crippen LogP contribution >= 0.6 is 11.3 Å². The van der Waals surface area contributed by atoms with Gasteiger partial charge in [0.25, 0.3) is 17.4 Å². The van der Waals surface area contributed by atoms with Crippen molar-refractivity contribution in [1.29, 1.82) is 0 Å². The van der Waals surface area contributed by atoms with Gasteiger partial charge in [0.1, 0.15) is 24.0 Å². The van der Waals surface area contributed by atoms with E-state index >= 15 is 0 Å². The van der Waals surface area contributed by atoms with E-state index in [2.05, 4.69) is 29.7 Å². The summed E-state index contributed by atoms with van der Waals surface area (Å²) in [5.41, 5.74) is 9.86. The van der Waals surface area contributed by atoms with Crippen molar-refractivity contribution in [2.24, 2.45) is 16.8 Å². The van der Waals surface area contributed by atoms with Gasteiger partial charge in [-0.25, -0.2) is 18.2 Å². The number of aromatic nitrogens is 3. The number of aliphatic hydroxyl groups is 1. The predicted molar refractivity (Wildman–Crippen MR) is 188 cm³/mol. The molecule has 2 aromatic heterocycles. The van der Waals surface area contributed by atoms with Gasteiger partial charge in [-0.2, -0.15) is 14.0 Å². The van der Waals surface area contributed by atoms with E-state index in [0.717, 1.165) is 47.7 Å². The number of nitrogens with one attached hydrogen (secondary N) is 2. The van der Waals surface area contributed by atoms with Crippen LogP contribution in [0.2, 0.25) is 0 Å². The molecule has 20 nitrogen and oxygen atoms in total. The van der Waals surface area contributed by atoms with E-state index in [1.807, 2.05) is 29.2 Å². The number of hydrogen-bond donors (Lipinski definition) is 6. The summed E-state index contributed by atoms with van der Waals surface area (Å²) in [5.74, 6) is -2.61. The average molecular weight is 792 g/mol. The number of carbonyl (C=O) groups is 3. The third kappa shape index (κ3) is 7.90. The van der Waals surface area contributed by atoms with E-state index in [4.69, 9.17) is 21.0 Å². The van der Waals surface area contributed by atoms with Crippen LogP contribution < -0.4 is 31.5 Å². The normalized spacial score (nSPS) is 21.6. The predicted octanol–water partition coefficient (Wildman–Crippen LogP) is -1.52. The lowest BCUT2D eigenvalue weighted by molar-refractivity contribution is -0.781. The molecule has 8 N–H and O–H groups in total. The van der Waals surface area contributed by atoms with Gasteiger partial charge in [0.05, 0.1) is 23.4 Å². The number of ether oxygens (including phenoxy) is 1. The van der Waals surface area contributed by atoms with Crippen molar-refractivity contribution < 1.29 is 56.1 Å². The Kier molecular flexibility index (Phi) is 10.7. The molecule has 3 aromatic rings. The molecule has 22 heteroatoms. The van der Waals surface area contributed by atoms with E-state index in [1.54, 1.807) is 6.07 Å². The van der Waals surface area contributed by atoms with Crippen LogP contribution in [0.25, 0.3) is 11.1 Å². The fraction of sp³-hybridized carbons (Fsp3) is 0.500. The van der Waals surface area contributed by atoms with Crippen LogP contribution in [0, 0.1) is 5.92 Å². The maximum atomic E-state index is 13.5. The number of amides is 2. The number of carboxylic acid groups (broad SMARTS) is 1. The molecule has 5 heterocycles. The van der Waals surface area contributed by atoms with Crippen molar-refractivity contribution in [1.82, 2.24) is 25.4 Å². The number of rotatable bonds is 15. The summed E-state index contributed by atoms with van der Waals surface area (Å²) in [4.78, 5) is 48.6. The van der Waals surface area contributed by atoms with Crippen LogP contribution in [0.4, 0.5) is 5.13 Å². The molecule has 2 saturated heterocycles. The Morgan fingerprint density at radius 1 is 1.33 bits per heavy atom. The summed E-state index contributed by atoms with van der Waals surface area (Å²) >= 11 is 0.958. The molecule has 0 aliphatic carbocycles. The first-order valence-electron chi connectivity index (χ1n) is 16.9. The first-order chi connectivity index (χ1) is 25.4. The lowest BCUT2D eigenvalue weighted by atomic mass is 9.84. The van der Waals surface area contributed by atoms with E-state index < -0.39 is 63.3 Å². The van der Waals surface area contributed by atoms with Crippen molar-refractivity contribution in [2.75, 3.05) is 25.4 Å². The molecule has 0 saturated carbocycles. The third-order valence-corrected chi connectivity index (χ3v) is 10.7. The number of hydrogen-bond acceptors (Lipinski definition) is 16. The largest absolute Gasteiger partial charge is 0.724 e. The number of nitrogen functional groups attached to an aromatic ring is 1. The van der Waals surface area contributed by atoms with Crippen LogP contribution in [-0.2, 0) is 53.4 Å². The molecular formula is C32H41N9O11S2. The Morgan fingerprint density at radius 2 is 2.07 bits per heavy atom. The summed E-state index contributed by atoms with van der Waals surface area (Å²) in [7, 11) is -5.29. The minimum Gasteiger partial charge on any atom is -0.724 e. The fourth-order valence-electron chi connectivity index (χ4n) is 6.35. The van der Waals surface area contributed by atoms with Gasteiger partial charge in [-0.1, -0.05) is 11.2 Å². The molecule has 0 spiro atoms. The van der Waals surface area contributed by atoms with Crippen LogP contribution in [-0.4, -0.2) is 110 Å². The summed E-state index contributed by atoms with van der Waals surface area (Å²) < 4.78 is 47.7. The van der Waals surface area contributed by atoms with Gasteiger partial charge in [0, 0.05) is 30.9 Å². The van der Waals surface area contributed by atoms with Crippen molar-refractivity contribution in [2.45, 2.75) is 76.1 Å². The maximum Gasteiger partial charge on any atom is 0.354 e. The summed E-state index contributed by atoms with van der Waals surface area (Å²) in [6.45, 7) is 7.00. The molecular weight excluding hydrogens is 751 g/mol. The van der Waals surface area contributed by atoms with Crippen molar-refractivity contribution in [3.05, 3.63) is 47.2 Å². The van der Waals surface area contributed by atoms with Gasteiger partial charge in [0.2, 0.25) is 16.6 Å². The zero-order valence-corrected chi connectivity index (χ0v) is 31.1. The van der Waals surface area contributed by atoms with Gasteiger partial charge in [0.15, 0.2) is 23.5 Å². The second-order valence-corrected chi connectivity index (χ2v) is 15.9.